The Morgan fingerprint density at radius 3 is 2.24 bits per heavy atom. The van der Waals surface area contributed by atoms with Gasteiger partial charge in [-0.25, -0.2) is 0 Å². The van der Waals surface area contributed by atoms with Crippen molar-refractivity contribution in [2.24, 2.45) is 0 Å². The third-order valence-electron chi connectivity index (χ3n) is 8.59. The number of hydrogen-bond acceptors (Lipinski definition) is 5. The van der Waals surface area contributed by atoms with E-state index in [2.05, 4.69) is 0 Å². The van der Waals surface area contributed by atoms with Crippen molar-refractivity contribution >= 4 is 17.7 Å². The molecule has 2 fully saturated rings. The fourth-order valence-electron chi connectivity index (χ4n) is 6.18. The average Bonchev–Trinajstić information content (AvgIpc) is 3.33. The Hall–Kier alpha value is -3.29. The van der Waals surface area contributed by atoms with Gasteiger partial charge in [0, 0.05) is 36.4 Å². The molecule has 0 spiro atoms. The van der Waals surface area contributed by atoms with Crippen molar-refractivity contribution in [2.45, 2.75) is 83.2 Å². The molecule has 13 heteroatoms. The van der Waals surface area contributed by atoms with Gasteiger partial charge in [0.25, 0.3) is 5.60 Å². The normalized spacial score (nSPS) is 23.5. The number of piperazine rings is 1. The number of alkyl halides is 6. The molecule has 7 nitrogen and oxygen atoms in total. The van der Waals surface area contributed by atoms with Crippen LogP contribution in [0.4, 0.5) is 32.0 Å². The summed E-state index contributed by atoms with van der Waals surface area (Å²) in [5, 5.41) is 14.8. The highest BCUT2D eigenvalue weighted by molar-refractivity contribution is 5.79. The number of ether oxygens (including phenoxy) is 1. The summed E-state index contributed by atoms with van der Waals surface area (Å²) in [6.45, 7) is 12.9. The molecule has 0 radical (unpaired) electrons. The molecule has 4 rings (SSSR count). The van der Waals surface area contributed by atoms with Crippen LogP contribution in [0, 0.1) is 0 Å². The van der Waals surface area contributed by atoms with Gasteiger partial charge in [0.1, 0.15) is 5.75 Å². The number of amides is 1. The average molecular weight is 656 g/mol. The standard InChI is InChI=1S/C33H41F6N4O3/c1-7-8-24-15-26(31(45,32(34,35)36)33(37,38)39)11-14-28(24)42-16-23(5)43(17-22(42)4)29(44)18-41-19-30(6,40-20-41)25-9-12-27(13-10-25)46-21(2)3/h7-15,21-23,45H,16-20H2,1-6H3/q-1/t22?,23-,30-/m1/s1. The second-order valence-corrected chi connectivity index (χ2v) is 12.6. The molecular formula is C33H41F6N4O3-. The molecule has 2 aliphatic rings. The number of hydrogen-bond donors (Lipinski definition) is 1. The molecule has 0 aliphatic carbocycles. The highest BCUT2D eigenvalue weighted by atomic mass is 19.4. The van der Waals surface area contributed by atoms with Gasteiger partial charge in [-0.1, -0.05) is 55.0 Å². The summed E-state index contributed by atoms with van der Waals surface area (Å²) in [4.78, 5) is 19.1. The Morgan fingerprint density at radius 2 is 1.67 bits per heavy atom. The molecule has 2 aromatic carbocycles. The van der Waals surface area contributed by atoms with Crippen LogP contribution in [-0.4, -0.2) is 84.2 Å². The molecule has 3 atom stereocenters. The smallest absolute Gasteiger partial charge is 0.430 e. The number of aliphatic hydroxyl groups is 1. The van der Waals surface area contributed by atoms with Crippen LogP contribution in [-0.2, 0) is 15.9 Å². The van der Waals surface area contributed by atoms with Crippen molar-refractivity contribution in [2.75, 3.05) is 37.7 Å². The molecular weight excluding hydrogens is 614 g/mol. The quantitative estimate of drug-likeness (QED) is 0.317. The number of halogens is 6. The van der Waals surface area contributed by atoms with Gasteiger partial charge >= 0.3 is 12.4 Å². The van der Waals surface area contributed by atoms with E-state index in [0.29, 0.717) is 38.1 Å². The topological polar surface area (TPSA) is 70.4 Å². The molecule has 2 aromatic rings. The lowest BCUT2D eigenvalue weighted by molar-refractivity contribution is -0.376. The molecule has 0 saturated carbocycles. The van der Waals surface area contributed by atoms with Crippen molar-refractivity contribution in [1.82, 2.24) is 9.80 Å². The molecule has 0 bridgehead atoms. The maximum absolute atomic E-state index is 13.6. The van der Waals surface area contributed by atoms with E-state index in [9.17, 15) is 36.2 Å². The monoisotopic (exact) mass is 655 g/mol. The van der Waals surface area contributed by atoms with Crippen molar-refractivity contribution in [3.8, 4) is 5.75 Å². The third kappa shape index (κ3) is 7.01. The van der Waals surface area contributed by atoms with Crippen LogP contribution in [0.3, 0.4) is 0 Å². The van der Waals surface area contributed by atoms with E-state index in [-0.39, 0.29) is 36.2 Å². The minimum atomic E-state index is -5.99. The summed E-state index contributed by atoms with van der Waals surface area (Å²) in [6.07, 6.45) is -9.01. The zero-order valence-electron chi connectivity index (χ0n) is 26.8. The minimum absolute atomic E-state index is 0.0601. The summed E-state index contributed by atoms with van der Waals surface area (Å²) in [7, 11) is 0. The number of anilines is 1. The number of carbonyl (C=O) groups is 1. The van der Waals surface area contributed by atoms with E-state index in [1.165, 1.54) is 18.2 Å². The Balaban J connectivity index is 1.47. The zero-order valence-corrected chi connectivity index (χ0v) is 26.8. The van der Waals surface area contributed by atoms with Gasteiger partial charge in [-0.3, -0.25) is 4.79 Å². The van der Waals surface area contributed by atoms with Crippen LogP contribution < -0.4 is 9.64 Å². The van der Waals surface area contributed by atoms with Crippen LogP contribution in [0.15, 0.2) is 48.5 Å². The SMILES string of the molecule is CC=Cc1cc(C(O)(C(F)(F)F)C(F)(F)F)ccc1N1C[C@@H](C)N(C(=O)CN2C[N-][C@@](C)(c3ccc(OC(C)C)cc3)C2)CC1C. The van der Waals surface area contributed by atoms with E-state index in [1.807, 2.05) is 68.7 Å². The maximum Gasteiger partial charge on any atom is 0.430 e. The summed E-state index contributed by atoms with van der Waals surface area (Å²) < 4.78 is 87.1. The Kier molecular flexibility index (Phi) is 10.1. The maximum atomic E-state index is 13.6. The van der Waals surface area contributed by atoms with Crippen molar-refractivity contribution < 1.29 is 41.0 Å². The highest BCUT2D eigenvalue weighted by Gasteiger charge is 2.71. The molecule has 1 unspecified atom stereocenters. The van der Waals surface area contributed by atoms with Gasteiger partial charge in [0.2, 0.25) is 5.91 Å². The molecule has 1 amide bonds. The largest absolute Gasteiger partial charge is 0.640 e. The predicted octanol–water partition coefficient (Wildman–Crippen LogP) is 6.81. The van der Waals surface area contributed by atoms with Gasteiger partial charge in [0.15, 0.2) is 0 Å². The molecule has 2 saturated heterocycles. The fourth-order valence-corrected chi connectivity index (χ4v) is 6.18. The summed E-state index contributed by atoms with van der Waals surface area (Å²) in [5.41, 5.74) is -5.33. The second-order valence-electron chi connectivity index (χ2n) is 12.6. The summed E-state index contributed by atoms with van der Waals surface area (Å²) in [6, 6.07) is 9.74. The van der Waals surface area contributed by atoms with Gasteiger partial charge in [-0.05, 0) is 71.0 Å². The number of rotatable bonds is 8. The van der Waals surface area contributed by atoms with Crippen LogP contribution in [0.5, 0.6) is 5.75 Å². The van der Waals surface area contributed by atoms with Gasteiger partial charge in [-0.15, -0.1) is 0 Å². The van der Waals surface area contributed by atoms with Crippen molar-refractivity contribution in [3.05, 3.63) is 70.5 Å². The molecule has 46 heavy (non-hydrogen) atoms. The number of nitrogens with zero attached hydrogens (tertiary/aromatic N) is 4. The first-order valence-electron chi connectivity index (χ1n) is 15.2. The van der Waals surface area contributed by atoms with E-state index < -0.39 is 29.1 Å². The lowest BCUT2D eigenvalue weighted by atomic mass is 9.89. The van der Waals surface area contributed by atoms with Crippen molar-refractivity contribution in [3.63, 3.8) is 0 Å². The van der Waals surface area contributed by atoms with Gasteiger partial charge in [0.05, 0.1) is 12.6 Å². The lowest BCUT2D eigenvalue weighted by Gasteiger charge is -2.46. The third-order valence-corrected chi connectivity index (χ3v) is 8.59. The van der Waals surface area contributed by atoms with E-state index in [1.54, 1.807) is 11.8 Å². The Bertz CT molecular complexity index is 1400. The van der Waals surface area contributed by atoms with Crippen LogP contribution in [0.1, 0.15) is 58.2 Å². The van der Waals surface area contributed by atoms with Crippen molar-refractivity contribution in [1.29, 1.82) is 0 Å². The van der Waals surface area contributed by atoms with E-state index in [4.69, 9.17) is 10.1 Å². The molecule has 0 aromatic heterocycles. The number of carbonyl (C=O) groups excluding carboxylic acids is 1. The van der Waals surface area contributed by atoms with Crippen LogP contribution in [0.25, 0.3) is 11.4 Å². The predicted molar refractivity (Wildman–Crippen MR) is 164 cm³/mol. The van der Waals surface area contributed by atoms with Crippen LogP contribution >= 0.6 is 0 Å². The number of benzene rings is 2. The second kappa shape index (κ2) is 13.1. The first-order chi connectivity index (χ1) is 21.3. The minimum Gasteiger partial charge on any atom is -0.640 e. The Morgan fingerprint density at radius 1 is 1.04 bits per heavy atom. The molecule has 2 aliphatic heterocycles. The summed E-state index contributed by atoms with van der Waals surface area (Å²) in [5.74, 6) is 0.677. The molecule has 1 N–H and O–H groups in total. The highest BCUT2D eigenvalue weighted by Crippen LogP contribution is 2.50. The Labute approximate surface area is 265 Å². The first kappa shape index (κ1) is 35.6. The van der Waals surface area contributed by atoms with Gasteiger partial charge in [-0.2, -0.15) is 26.3 Å². The fraction of sp³-hybridized carbons (Fsp3) is 0.545. The molecule has 254 valence electrons. The van der Waals surface area contributed by atoms with Gasteiger partial charge < -0.3 is 29.9 Å². The van der Waals surface area contributed by atoms with E-state index in [0.717, 1.165) is 17.4 Å². The first-order valence-corrected chi connectivity index (χ1v) is 15.2. The molecule has 2 heterocycles. The van der Waals surface area contributed by atoms with E-state index >= 15 is 0 Å². The van der Waals surface area contributed by atoms with Crippen LogP contribution in [0.2, 0.25) is 0 Å². The number of allylic oxidation sites excluding steroid dienone is 1. The zero-order chi connectivity index (χ0) is 34.2. The lowest BCUT2D eigenvalue weighted by Crippen LogP contribution is -2.59. The summed E-state index contributed by atoms with van der Waals surface area (Å²) >= 11 is 0.